The number of cyclic esters (lactones) is 1. The van der Waals surface area contributed by atoms with Gasteiger partial charge in [0.1, 0.15) is 11.9 Å². The number of benzene rings is 1. The second-order valence-corrected chi connectivity index (χ2v) is 9.01. The van der Waals surface area contributed by atoms with Crippen molar-refractivity contribution in [2.75, 3.05) is 0 Å². The molecule has 1 aliphatic heterocycles. The van der Waals surface area contributed by atoms with E-state index >= 15 is 4.39 Å². The molecule has 0 saturated heterocycles. The Hall–Kier alpha value is -1.38. The van der Waals surface area contributed by atoms with Crippen molar-refractivity contribution in [1.82, 2.24) is 0 Å². The Balaban J connectivity index is 1.57. The van der Waals surface area contributed by atoms with Gasteiger partial charge in [-0.2, -0.15) is 0 Å². The molecule has 1 aromatic carbocycles. The third-order valence-electron chi connectivity index (χ3n) is 6.85. The first-order valence-corrected chi connectivity index (χ1v) is 11.6. The summed E-state index contributed by atoms with van der Waals surface area (Å²) < 4.78 is 20.6. The lowest BCUT2D eigenvalue weighted by molar-refractivity contribution is 0.0224. The van der Waals surface area contributed by atoms with Gasteiger partial charge in [-0.1, -0.05) is 77.3 Å². The Morgan fingerprint density at radius 1 is 0.964 bits per heavy atom. The molecular weight excluding hydrogens is 351 g/mol. The number of unbranched alkanes of at least 4 members (excludes halogenated alkanes) is 2. The quantitative estimate of drug-likeness (QED) is 0.335. The molecule has 3 heteroatoms. The molecule has 1 aliphatic carbocycles. The monoisotopic (exact) mass is 388 g/mol. The van der Waals surface area contributed by atoms with Gasteiger partial charge < -0.3 is 4.74 Å². The maximum absolute atomic E-state index is 15.1. The van der Waals surface area contributed by atoms with Gasteiger partial charge in [0, 0.05) is 6.42 Å². The van der Waals surface area contributed by atoms with Crippen LogP contribution in [0.15, 0.2) is 12.1 Å². The molecule has 0 aromatic heterocycles. The summed E-state index contributed by atoms with van der Waals surface area (Å²) in [7, 11) is 0. The molecule has 0 amide bonds. The minimum Gasteiger partial charge on any atom is -0.458 e. The summed E-state index contributed by atoms with van der Waals surface area (Å²) in [6, 6.07) is 3.89. The summed E-state index contributed by atoms with van der Waals surface area (Å²) in [4.78, 5) is 12.4. The molecule has 28 heavy (non-hydrogen) atoms. The van der Waals surface area contributed by atoms with Gasteiger partial charge in [0.05, 0.1) is 5.56 Å². The summed E-state index contributed by atoms with van der Waals surface area (Å²) in [5.41, 5.74) is 1.73. The zero-order chi connectivity index (χ0) is 19.9. The number of hydrogen-bond acceptors (Lipinski definition) is 2. The highest BCUT2D eigenvalue weighted by molar-refractivity contribution is 5.92. The summed E-state index contributed by atoms with van der Waals surface area (Å²) in [6.45, 7) is 4.43. The van der Waals surface area contributed by atoms with Gasteiger partial charge in [-0.05, 0) is 48.6 Å². The first kappa shape index (κ1) is 21.3. The highest BCUT2D eigenvalue weighted by Gasteiger charge is 2.30. The maximum Gasteiger partial charge on any atom is 0.341 e. The molecule has 1 heterocycles. The van der Waals surface area contributed by atoms with Gasteiger partial charge in [0.2, 0.25) is 0 Å². The minimum absolute atomic E-state index is 0.0879. The molecule has 0 N–H and O–H groups in total. The molecular formula is C25H37FO2. The van der Waals surface area contributed by atoms with Gasteiger partial charge in [-0.3, -0.25) is 0 Å². The fourth-order valence-electron chi connectivity index (χ4n) is 5.10. The predicted molar refractivity (Wildman–Crippen MR) is 112 cm³/mol. The van der Waals surface area contributed by atoms with E-state index in [-0.39, 0.29) is 17.5 Å². The van der Waals surface area contributed by atoms with Crippen LogP contribution in [-0.2, 0) is 17.6 Å². The molecule has 1 unspecified atom stereocenters. The highest BCUT2D eigenvalue weighted by atomic mass is 19.1. The third kappa shape index (κ3) is 5.36. The number of hydrogen-bond donors (Lipinski definition) is 0. The normalized spacial score (nSPS) is 24.7. The smallest absolute Gasteiger partial charge is 0.341 e. The molecule has 1 atom stereocenters. The first-order chi connectivity index (χ1) is 13.6. The van der Waals surface area contributed by atoms with Gasteiger partial charge in [-0.15, -0.1) is 0 Å². The second-order valence-electron chi connectivity index (χ2n) is 9.01. The summed E-state index contributed by atoms with van der Waals surface area (Å²) >= 11 is 0. The average molecular weight is 389 g/mol. The zero-order valence-corrected chi connectivity index (χ0v) is 17.8. The molecule has 3 rings (SSSR count). The lowest BCUT2D eigenvalue weighted by atomic mass is 9.78. The lowest BCUT2D eigenvalue weighted by Crippen LogP contribution is -2.29. The van der Waals surface area contributed by atoms with E-state index in [0.29, 0.717) is 17.9 Å². The van der Waals surface area contributed by atoms with Gasteiger partial charge in [0.25, 0.3) is 0 Å². The third-order valence-corrected chi connectivity index (χ3v) is 6.85. The Morgan fingerprint density at radius 2 is 1.68 bits per heavy atom. The summed E-state index contributed by atoms with van der Waals surface area (Å²) in [6.07, 6.45) is 14.4. The second kappa shape index (κ2) is 10.4. The van der Waals surface area contributed by atoms with Gasteiger partial charge in [-0.25, -0.2) is 9.18 Å². The van der Waals surface area contributed by atoms with Crippen LogP contribution in [0.4, 0.5) is 4.39 Å². The molecule has 156 valence electrons. The maximum atomic E-state index is 15.1. The van der Waals surface area contributed by atoms with Crippen LogP contribution >= 0.6 is 0 Å². The van der Waals surface area contributed by atoms with E-state index in [1.807, 2.05) is 12.1 Å². The number of aryl methyl sites for hydroxylation is 1. The number of carbonyl (C=O) groups excluding carboxylic acids is 1. The van der Waals surface area contributed by atoms with Crippen molar-refractivity contribution in [3.8, 4) is 0 Å². The first-order valence-electron chi connectivity index (χ1n) is 11.6. The van der Waals surface area contributed by atoms with Crippen LogP contribution < -0.4 is 0 Å². The average Bonchev–Trinajstić information content (AvgIpc) is 2.69. The molecule has 2 nitrogen and oxygen atoms in total. The Morgan fingerprint density at radius 3 is 2.36 bits per heavy atom. The largest absolute Gasteiger partial charge is 0.458 e. The highest BCUT2D eigenvalue weighted by Crippen LogP contribution is 2.35. The predicted octanol–water partition coefficient (Wildman–Crippen LogP) is 7.03. The topological polar surface area (TPSA) is 26.3 Å². The van der Waals surface area contributed by atoms with Crippen molar-refractivity contribution >= 4 is 5.97 Å². The molecule has 1 saturated carbocycles. The number of ether oxygens (including phenoxy) is 1. The minimum atomic E-state index is -0.456. The molecule has 0 radical (unpaired) electrons. The Kier molecular flexibility index (Phi) is 7.93. The number of carbonyl (C=O) groups is 1. The SMILES string of the molecule is CCCCCC1Cc2ccc(CCC3CCC(CCC)CC3)c(F)c2C(=O)O1. The van der Waals surface area contributed by atoms with Crippen molar-refractivity contribution in [2.24, 2.45) is 11.8 Å². The van der Waals surface area contributed by atoms with E-state index in [1.165, 1.54) is 38.5 Å². The number of halogens is 1. The van der Waals surface area contributed by atoms with Gasteiger partial charge >= 0.3 is 5.97 Å². The van der Waals surface area contributed by atoms with Crippen LogP contribution in [0.25, 0.3) is 0 Å². The zero-order valence-electron chi connectivity index (χ0n) is 17.8. The van der Waals surface area contributed by atoms with E-state index < -0.39 is 5.97 Å². The van der Waals surface area contributed by atoms with Crippen molar-refractivity contribution < 1.29 is 13.9 Å². The summed E-state index contributed by atoms with van der Waals surface area (Å²) in [5.74, 6) is 0.830. The lowest BCUT2D eigenvalue weighted by Gasteiger charge is -2.29. The van der Waals surface area contributed by atoms with E-state index in [2.05, 4.69) is 13.8 Å². The molecule has 1 fully saturated rings. The Labute approximate surface area is 170 Å². The molecule has 1 aromatic rings. The fourth-order valence-corrected chi connectivity index (χ4v) is 5.10. The summed E-state index contributed by atoms with van der Waals surface area (Å²) in [5, 5.41) is 0. The van der Waals surface area contributed by atoms with E-state index in [1.54, 1.807) is 0 Å². The van der Waals surface area contributed by atoms with Crippen molar-refractivity contribution in [2.45, 2.75) is 103 Å². The Bertz CT molecular complexity index is 646. The van der Waals surface area contributed by atoms with Crippen LogP contribution in [0.2, 0.25) is 0 Å². The number of esters is 1. The van der Waals surface area contributed by atoms with E-state index in [4.69, 9.17) is 4.74 Å². The van der Waals surface area contributed by atoms with Crippen LogP contribution in [0, 0.1) is 17.7 Å². The number of rotatable bonds is 9. The van der Waals surface area contributed by atoms with Gasteiger partial charge in [0.15, 0.2) is 0 Å². The van der Waals surface area contributed by atoms with E-state index in [9.17, 15) is 4.79 Å². The fraction of sp³-hybridized carbons (Fsp3) is 0.720. The van der Waals surface area contributed by atoms with Crippen LogP contribution in [0.5, 0.6) is 0 Å². The molecule has 0 spiro atoms. The van der Waals surface area contributed by atoms with Crippen molar-refractivity contribution in [3.63, 3.8) is 0 Å². The standard InChI is InChI=1S/C25H37FO2/c1-3-5-6-8-22-17-21-16-15-20(24(26)23(21)25(27)28-22)14-13-19-11-9-18(7-4-2)10-12-19/h15-16,18-19,22H,3-14,17H2,1-2H3. The van der Waals surface area contributed by atoms with Crippen molar-refractivity contribution in [3.05, 3.63) is 34.6 Å². The van der Waals surface area contributed by atoms with Crippen LogP contribution in [-0.4, -0.2) is 12.1 Å². The van der Waals surface area contributed by atoms with Crippen LogP contribution in [0.1, 0.15) is 106 Å². The van der Waals surface area contributed by atoms with E-state index in [0.717, 1.165) is 50.0 Å². The molecule has 2 aliphatic rings. The molecule has 0 bridgehead atoms. The van der Waals surface area contributed by atoms with Crippen LogP contribution in [0.3, 0.4) is 0 Å². The number of fused-ring (bicyclic) bond motifs is 1. The van der Waals surface area contributed by atoms with Crippen molar-refractivity contribution in [1.29, 1.82) is 0 Å².